The van der Waals surface area contributed by atoms with Gasteiger partial charge in [-0.3, -0.25) is 4.79 Å². The average Bonchev–Trinajstić information content (AvgIpc) is 2.76. The minimum Gasteiger partial charge on any atom is -0.450 e. The van der Waals surface area contributed by atoms with E-state index in [1.807, 2.05) is 51.1 Å². The third kappa shape index (κ3) is 4.29. The maximum Gasteiger partial charge on any atom is 0.328 e. The van der Waals surface area contributed by atoms with Gasteiger partial charge in [-0.15, -0.1) is 0 Å². The largest absolute Gasteiger partial charge is 0.450 e. The standard InChI is InChI=1S/C26H32BN2O3/c1-16-14-19(18(3)28-22-9-7-6-8-21(22)27-31)24-20(15-16)23(30)17(2)25(32-24)29-12-10-26(4,5)11-13-29/h6-9,14-15,18,28,31H,10-13H2,1-5H3. The lowest BCUT2D eigenvalue weighted by atomic mass is 9.82. The quantitative estimate of drug-likeness (QED) is 0.585. The molecule has 32 heavy (non-hydrogen) atoms. The summed E-state index contributed by atoms with van der Waals surface area (Å²) in [5.74, 6) is 0.694. The predicted octanol–water partition coefficient (Wildman–Crippen LogP) is 4.45. The first kappa shape index (κ1) is 22.5. The van der Waals surface area contributed by atoms with Crippen molar-refractivity contribution in [1.82, 2.24) is 0 Å². The predicted molar refractivity (Wildman–Crippen MR) is 133 cm³/mol. The highest BCUT2D eigenvalue weighted by molar-refractivity contribution is 6.48. The molecule has 1 aliphatic heterocycles. The van der Waals surface area contributed by atoms with Crippen LogP contribution in [0, 0.1) is 19.3 Å². The summed E-state index contributed by atoms with van der Waals surface area (Å²) in [6.45, 7) is 12.3. The molecule has 0 amide bonds. The van der Waals surface area contributed by atoms with Crippen LogP contribution in [0.1, 0.15) is 56.3 Å². The molecular formula is C26H32BN2O3. The fourth-order valence-electron chi connectivity index (χ4n) is 4.55. The first-order valence-corrected chi connectivity index (χ1v) is 11.4. The Balaban J connectivity index is 1.79. The summed E-state index contributed by atoms with van der Waals surface area (Å²) in [5, 5.41) is 13.7. The molecule has 0 aliphatic carbocycles. The Morgan fingerprint density at radius 1 is 1.16 bits per heavy atom. The highest BCUT2D eigenvalue weighted by atomic mass is 16.4. The van der Waals surface area contributed by atoms with Crippen molar-refractivity contribution in [1.29, 1.82) is 0 Å². The van der Waals surface area contributed by atoms with E-state index in [2.05, 4.69) is 30.1 Å². The molecule has 1 radical (unpaired) electrons. The van der Waals surface area contributed by atoms with Crippen LogP contribution in [0.3, 0.4) is 0 Å². The molecule has 3 aromatic rings. The topological polar surface area (TPSA) is 65.7 Å². The van der Waals surface area contributed by atoms with Gasteiger partial charge in [0.15, 0.2) is 5.43 Å². The van der Waals surface area contributed by atoms with Crippen molar-refractivity contribution in [3.63, 3.8) is 0 Å². The molecule has 0 bridgehead atoms. The zero-order chi connectivity index (χ0) is 23.0. The van der Waals surface area contributed by atoms with Crippen LogP contribution in [-0.4, -0.2) is 25.6 Å². The Bertz CT molecular complexity index is 1190. The maximum atomic E-state index is 13.4. The van der Waals surface area contributed by atoms with Crippen molar-refractivity contribution in [3.8, 4) is 0 Å². The second-order valence-electron chi connectivity index (χ2n) is 9.83. The van der Waals surface area contributed by atoms with Crippen LogP contribution < -0.4 is 21.1 Å². The highest BCUT2D eigenvalue weighted by Gasteiger charge is 2.28. The molecule has 6 heteroatoms. The lowest BCUT2D eigenvalue weighted by molar-refractivity contribution is 0.274. The van der Waals surface area contributed by atoms with Crippen LogP contribution in [0.5, 0.6) is 0 Å². The van der Waals surface area contributed by atoms with Gasteiger partial charge < -0.3 is 19.7 Å². The van der Waals surface area contributed by atoms with Crippen LogP contribution >= 0.6 is 0 Å². The van der Waals surface area contributed by atoms with Crippen molar-refractivity contribution in [2.45, 2.75) is 53.5 Å². The van der Waals surface area contributed by atoms with Gasteiger partial charge in [0.05, 0.1) is 17.0 Å². The molecule has 2 aromatic carbocycles. The van der Waals surface area contributed by atoms with Crippen LogP contribution in [0.25, 0.3) is 11.0 Å². The van der Waals surface area contributed by atoms with Crippen LogP contribution in [-0.2, 0) is 0 Å². The Morgan fingerprint density at radius 2 is 1.84 bits per heavy atom. The summed E-state index contributed by atoms with van der Waals surface area (Å²) < 4.78 is 6.51. The van der Waals surface area contributed by atoms with E-state index in [0.29, 0.717) is 33.3 Å². The molecule has 1 unspecified atom stereocenters. The van der Waals surface area contributed by atoms with Crippen molar-refractivity contribution in [3.05, 3.63) is 63.3 Å². The Morgan fingerprint density at radius 3 is 2.53 bits per heavy atom. The van der Waals surface area contributed by atoms with Gasteiger partial charge >= 0.3 is 7.48 Å². The molecule has 5 nitrogen and oxygen atoms in total. The highest BCUT2D eigenvalue weighted by Crippen LogP contribution is 2.35. The van der Waals surface area contributed by atoms with Gasteiger partial charge in [-0.2, -0.15) is 0 Å². The van der Waals surface area contributed by atoms with E-state index in [4.69, 9.17) is 4.42 Å². The average molecular weight is 431 g/mol. The molecule has 0 saturated carbocycles. The number of nitrogens with one attached hydrogen (secondary N) is 1. The summed E-state index contributed by atoms with van der Waals surface area (Å²) in [7, 11) is 1.10. The molecule has 1 saturated heterocycles. The number of nitrogens with zero attached hydrogens (tertiary/aromatic N) is 1. The second-order valence-corrected chi connectivity index (χ2v) is 9.83. The number of aryl methyl sites for hydroxylation is 1. The third-order valence-electron chi connectivity index (χ3n) is 6.71. The van der Waals surface area contributed by atoms with E-state index in [-0.39, 0.29) is 11.5 Å². The maximum absolute atomic E-state index is 13.4. The van der Waals surface area contributed by atoms with E-state index in [1.54, 1.807) is 0 Å². The molecule has 1 aliphatic rings. The minimum atomic E-state index is -0.127. The zero-order valence-electron chi connectivity index (χ0n) is 19.7. The number of fused-ring (bicyclic) bond motifs is 1. The number of anilines is 2. The molecule has 1 aromatic heterocycles. The number of rotatable bonds is 5. The van der Waals surface area contributed by atoms with E-state index in [1.165, 1.54) is 0 Å². The van der Waals surface area contributed by atoms with E-state index in [9.17, 15) is 9.82 Å². The smallest absolute Gasteiger partial charge is 0.328 e. The fraction of sp³-hybridized carbons (Fsp3) is 0.423. The van der Waals surface area contributed by atoms with Gasteiger partial charge in [-0.1, -0.05) is 38.1 Å². The molecule has 1 fully saturated rings. The summed E-state index contributed by atoms with van der Waals surface area (Å²) >= 11 is 0. The second kappa shape index (κ2) is 8.66. The lowest BCUT2D eigenvalue weighted by Crippen LogP contribution is -2.38. The van der Waals surface area contributed by atoms with Gasteiger partial charge in [0, 0.05) is 24.3 Å². The van der Waals surface area contributed by atoms with E-state index < -0.39 is 0 Å². The first-order valence-electron chi connectivity index (χ1n) is 11.4. The summed E-state index contributed by atoms with van der Waals surface area (Å²) in [5.41, 5.74) is 5.15. The minimum absolute atomic E-state index is 0.0346. The number of hydrogen-bond donors (Lipinski definition) is 2. The van der Waals surface area contributed by atoms with Crippen molar-refractivity contribution in [2.75, 3.05) is 23.3 Å². The lowest BCUT2D eigenvalue weighted by Gasteiger charge is -2.37. The zero-order valence-corrected chi connectivity index (χ0v) is 19.7. The van der Waals surface area contributed by atoms with Crippen molar-refractivity contribution in [2.24, 2.45) is 5.41 Å². The molecule has 2 N–H and O–H groups in total. The normalized spacial score (nSPS) is 16.8. The molecule has 1 atom stereocenters. The number of piperidine rings is 1. The van der Waals surface area contributed by atoms with E-state index in [0.717, 1.165) is 50.2 Å². The van der Waals surface area contributed by atoms with Crippen LogP contribution in [0.15, 0.2) is 45.6 Å². The van der Waals surface area contributed by atoms with Crippen molar-refractivity contribution >= 4 is 35.5 Å². The monoisotopic (exact) mass is 431 g/mol. The SMILES string of the molecule is Cc1cc(C(C)Nc2ccccc2[B]O)c2oc(N3CCC(C)(C)CC3)c(C)c(=O)c2c1. The summed E-state index contributed by atoms with van der Waals surface area (Å²) in [6, 6.07) is 11.5. The Hall–Kier alpha value is -2.73. The summed E-state index contributed by atoms with van der Waals surface area (Å²) in [4.78, 5) is 15.6. The van der Waals surface area contributed by atoms with E-state index >= 15 is 0 Å². The van der Waals surface area contributed by atoms with Crippen molar-refractivity contribution < 1.29 is 9.44 Å². The van der Waals surface area contributed by atoms with Gasteiger partial charge in [0.1, 0.15) is 5.58 Å². The fourth-order valence-corrected chi connectivity index (χ4v) is 4.55. The molecule has 2 heterocycles. The Kier molecular flexibility index (Phi) is 6.08. The molecule has 0 spiro atoms. The molecule has 167 valence electrons. The molecule has 4 rings (SSSR count). The van der Waals surface area contributed by atoms with Gasteiger partial charge in [0.2, 0.25) is 5.88 Å². The van der Waals surface area contributed by atoms with Crippen LogP contribution in [0.2, 0.25) is 0 Å². The number of para-hydroxylation sites is 1. The first-order chi connectivity index (χ1) is 15.2. The van der Waals surface area contributed by atoms with Gasteiger partial charge in [-0.25, -0.2) is 0 Å². The number of hydrogen-bond acceptors (Lipinski definition) is 5. The summed E-state index contributed by atoms with van der Waals surface area (Å²) in [6.07, 6.45) is 2.14. The molecular weight excluding hydrogens is 399 g/mol. The number of benzene rings is 2. The van der Waals surface area contributed by atoms with Gasteiger partial charge in [0.25, 0.3) is 0 Å². The Labute approximate surface area is 190 Å². The van der Waals surface area contributed by atoms with Crippen LogP contribution in [0.4, 0.5) is 11.6 Å². The van der Waals surface area contributed by atoms with Gasteiger partial charge in [-0.05, 0) is 62.2 Å². The third-order valence-corrected chi connectivity index (χ3v) is 6.71.